The maximum absolute atomic E-state index is 13.0. The van der Waals surface area contributed by atoms with Crippen molar-refractivity contribution in [3.05, 3.63) is 76.0 Å². The molecule has 2 aromatic rings. The van der Waals surface area contributed by atoms with Crippen molar-refractivity contribution in [2.75, 3.05) is 13.1 Å². The Bertz CT molecular complexity index is 936. The van der Waals surface area contributed by atoms with Crippen molar-refractivity contribution in [1.82, 2.24) is 4.90 Å². The summed E-state index contributed by atoms with van der Waals surface area (Å²) in [7, 11) is 0. The zero-order chi connectivity index (χ0) is 18.1. The lowest BCUT2D eigenvalue weighted by molar-refractivity contribution is -0.106. The number of rotatable bonds is 3. The van der Waals surface area contributed by atoms with Crippen LogP contribution in [0.5, 0.6) is 0 Å². The average Bonchev–Trinajstić information content (AvgIpc) is 2.70. The lowest BCUT2D eigenvalue weighted by Crippen LogP contribution is -2.29. The molecule has 0 atom stereocenters. The summed E-state index contributed by atoms with van der Waals surface area (Å²) in [5.74, 6) is -0.304. The molecule has 1 saturated heterocycles. The highest BCUT2D eigenvalue weighted by atomic mass is 16.1. The van der Waals surface area contributed by atoms with Crippen LogP contribution in [0.25, 0.3) is 6.08 Å². The van der Waals surface area contributed by atoms with Crippen LogP contribution in [0, 0.1) is 0 Å². The fourth-order valence-electron chi connectivity index (χ4n) is 3.80. The maximum atomic E-state index is 13.0. The lowest BCUT2D eigenvalue weighted by Gasteiger charge is -2.28. The van der Waals surface area contributed by atoms with E-state index in [9.17, 15) is 14.4 Å². The second-order valence-electron chi connectivity index (χ2n) is 6.71. The van der Waals surface area contributed by atoms with Crippen LogP contribution in [0.3, 0.4) is 0 Å². The molecule has 1 fully saturated rings. The third-order valence-electron chi connectivity index (χ3n) is 5.13. The molecule has 0 bridgehead atoms. The number of allylic oxidation sites excluding steroid dienone is 1. The Morgan fingerprint density at radius 1 is 0.808 bits per heavy atom. The van der Waals surface area contributed by atoms with Crippen LogP contribution in [-0.4, -0.2) is 35.8 Å². The van der Waals surface area contributed by atoms with Crippen LogP contribution in [0.1, 0.15) is 56.7 Å². The highest BCUT2D eigenvalue weighted by Gasteiger charge is 2.31. The quantitative estimate of drug-likeness (QED) is 0.539. The number of carbonyl (C=O) groups is 3. The van der Waals surface area contributed by atoms with Gasteiger partial charge in [0.05, 0.1) is 5.70 Å². The molecule has 0 amide bonds. The van der Waals surface area contributed by atoms with Gasteiger partial charge in [-0.25, -0.2) is 0 Å². The van der Waals surface area contributed by atoms with Crippen LogP contribution in [0.15, 0.2) is 48.2 Å². The highest BCUT2D eigenvalue weighted by molar-refractivity contribution is 6.29. The van der Waals surface area contributed by atoms with Crippen molar-refractivity contribution in [2.45, 2.75) is 19.3 Å². The van der Waals surface area contributed by atoms with Gasteiger partial charge in [0.2, 0.25) is 0 Å². The Morgan fingerprint density at radius 2 is 1.46 bits per heavy atom. The monoisotopic (exact) mass is 345 g/mol. The summed E-state index contributed by atoms with van der Waals surface area (Å²) in [6.45, 7) is 1.69. The molecule has 4 nitrogen and oxygen atoms in total. The largest absolute Gasteiger partial charge is 0.369 e. The Labute approximate surface area is 152 Å². The summed E-state index contributed by atoms with van der Waals surface area (Å²) in [6.07, 6.45) is 5.88. The number of fused-ring (bicyclic) bond motifs is 2. The summed E-state index contributed by atoms with van der Waals surface area (Å²) in [5, 5.41) is 0. The molecule has 0 radical (unpaired) electrons. The number of carbonyl (C=O) groups excluding carboxylic acids is 3. The van der Waals surface area contributed by atoms with E-state index in [1.54, 1.807) is 48.5 Å². The first-order chi connectivity index (χ1) is 12.7. The molecule has 0 spiro atoms. The molecule has 0 unspecified atom stereocenters. The molecular weight excluding hydrogens is 326 g/mol. The van der Waals surface area contributed by atoms with Crippen molar-refractivity contribution < 1.29 is 14.4 Å². The highest BCUT2D eigenvalue weighted by Crippen LogP contribution is 2.30. The smallest absolute Gasteiger partial charge is 0.195 e. The van der Waals surface area contributed by atoms with Crippen LogP contribution < -0.4 is 0 Å². The molecule has 26 heavy (non-hydrogen) atoms. The summed E-state index contributed by atoms with van der Waals surface area (Å²) in [4.78, 5) is 39.6. The number of piperidine rings is 1. The van der Waals surface area contributed by atoms with Crippen molar-refractivity contribution in [1.29, 1.82) is 0 Å². The zero-order valence-corrected chi connectivity index (χ0v) is 14.4. The van der Waals surface area contributed by atoms with E-state index >= 15 is 0 Å². The minimum Gasteiger partial charge on any atom is -0.369 e. The van der Waals surface area contributed by atoms with Crippen molar-refractivity contribution in [3.63, 3.8) is 0 Å². The first-order valence-corrected chi connectivity index (χ1v) is 8.94. The lowest BCUT2D eigenvalue weighted by atomic mass is 9.81. The number of hydrogen-bond acceptors (Lipinski definition) is 4. The standard InChI is InChI=1S/C22H19NO3/c24-14-16(23-11-4-1-5-12-23)13-15-7-6-10-19-20(15)22(26)18-9-3-2-8-17(18)21(19)25/h2-3,6-10,13-14H,1,4-5,11-12H2/b16-13+. The molecule has 2 aliphatic rings. The van der Waals surface area contributed by atoms with Gasteiger partial charge in [0.1, 0.15) is 0 Å². The fourth-order valence-corrected chi connectivity index (χ4v) is 3.80. The third-order valence-corrected chi connectivity index (χ3v) is 5.13. The number of aldehydes is 1. The molecule has 2 aromatic carbocycles. The van der Waals surface area contributed by atoms with Gasteiger partial charge >= 0.3 is 0 Å². The van der Waals surface area contributed by atoms with Crippen LogP contribution in [0.4, 0.5) is 0 Å². The molecule has 130 valence electrons. The van der Waals surface area contributed by atoms with Crippen molar-refractivity contribution >= 4 is 23.9 Å². The number of ketones is 2. The second kappa shape index (κ2) is 6.71. The summed E-state index contributed by atoms with van der Waals surface area (Å²) < 4.78 is 0. The molecule has 4 rings (SSSR count). The SMILES string of the molecule is O=C/C(=C\c1cccc2c1C(=O)c1ccccc1C2=O)N1CCCCC1. The predicted octanol–water partition coefficient (Wildman–Crippen LogP) is 3.49. The molecule has 0 aromatic heterocycles. The van der Waals surface area contributed by atoms with Gasteiger partial charge in [0, 0.05) is 35.3 Å². The number of likely N-dealkylation sites (tertiary alicyclic amines) is 1. The van der Waals surface area contributed by atoms with Gasteiger partial charge in [-0.3, -0.25) is 14.4 Å². The molecular formula is C22H19NO3. The van der Waals surface area contributed by atoms with Crippen LogP contribution >= 0.6 is 0 Å². The van der Waals surface area contributed by atoms with E-state index in [0.29, 0.717) is 33.5 Å². The van der Waals surface area contributed by atoms with Gasteiger partial charge in [-0.15, -0.1) is 0 Å². The first-order valence-electron chi connectivity index (χ1n) is 8.94. The molecule has 0 N–H and O–H groups in total. The van der Waals surface area contributed by atoms with Gasteiger partial charge < -0.3 is 4.90 Å². The van der Waals surface area contributed by atoms with Crippen LogP contribution in [0.2, 0.25) is 0 Å². The van der Waals surface area contributed by atoms with E-state index in [2.05, 4.69) is 4.90 Å². The predicted molar refractivity (Wildman–Crippen MR) is 99.2 cm³/mol. The number of nitrogens with zero attached hydrogens (tertiary/aromatic N) is 1. The average molecular weight is 345 g/mol. The van der Waals surface area contributed by atoms with Gasteiger partial charge in [-0.1, -0.05) is 42.5 Å². The summed E-state index contributed by atoms with van der Waals surface area (Å²) in [5.41, 5.74) is 2.87. The van der Waals surface area contributed by atoms with E-state index in [1.807, 2.05) is 0 Å². The molecule has 0 saturated carbocycles. The third kappa shape index (κ3) is 2.68. The van der Waals surface area contributed by atoms with E-state index in [-0.39, 0.29) is 11.6 Å². The van der Waals surface area contributed by atoms with E-state index in [1.165, 1.54) is 6.42 Å². The van der Waals surface area contributed by atoms with Crippen LogP contribution in [-0.2, 0) is 4.79 Å². The van der Waals surface area contributed by atoms with E-state index in [0.717, 1.165) is 32.2 Å². The minimum atomic E-state index is -0.161. The molecule has 1 aliphatic carbocycles. The molecule has 1 aliphatic heterocycles. The summed E-state index contributed by atoms with van der Waals surface area (Å²) in [6, 6.07) is 12.1. The Hall–Kier alpha value is -3.01. The topological polar surface area (TPSA) is 54.5 Å². The van der Waals surface area contributed by atoms with Gasteiger partial charge in [-0.2, -0.15) is 0 Å². The normalized spacial score (nSPS) is 16.9. The van der Waals surface area contributed by atoms with E-state index < -0.39 is 0 Å². The Kier molecular flexibility index (Phi) is 4.25. The fraction of sp³-hybridized carbons (Fsp3) is 0.227. The zero-order valence-electron chi connectivity index (χ0n) is 14.4. The maximum Gasteiger partial charge on any atom is 0.195 e. The number of benzene rings is 2. The minimum absolute atomic E-state index is 0.143. The summed E-state index contributed by atoms with van der Waals surface area (Å²) >= 11 is 0. The van der Waals surface area contributed by atoms with E-state index in [4.69, 9.17) is 0 Å². The second-order valence-corrected chi connectivity index (χ2v) is 6.71. The molecule has 4 heteroatoms. The Morgan fingerprint density at radius 3 is 2.15 bits per heavy atom. The molecule has 1 heterocycles. The number of hydrogen-bond donors (Lipinski definition) is 0. The van der Waals surface area contributed by atoms with Crippen molar-refractivity contribution in [2.24, 2.45) is 0 Å². The van der Waals surface area contributed by atoms with Crippen molar-refractivity contribution in [3.8, 4) is 0 Å². The Balaban J connectivity index is 1.83. The van der Waals surface area contributed by atoms with Gasteiger partial charge in [0.25, 0.3) is 0 Å². The first kappa shape index (κ1) is 16.5. The van der Waals surface area contributed by atoms with Gasteiger partial charge in [-0.05, 0) is 30.9 Å². The van der Waals surface area contributed by atoms with Gasteiger partial charge in [0.15, 0.2) is 17.9 Å².